The highest BCUT2D eigenvalue weighted by Gasteiger charge is 2.32. The maximum Gasteiger partial charge on any atom is 0.408 e. The summed E-state index contributed by atoms with van der Waals surface area (Å²) >= 11 is 0. The fraction of sp³-hybridized carbons (Fsp3) is 0.571. The van der Waals surface area contributed by atoms with Crippen LogP contribution in [0.1, 0.15) is 45.6 Å². The van der Waals surface area contributed by atoms with E-state index in [0.29, 0.717) is 5.57 Å². The van der Waals surface area contributed by atoms with Crippen molar-refractivity contribution in [1.29, 1.82) is 5.53 Å². The van der Waals surface area contributed by atoms with Crippen LogP contribution in [0.2, 0.25) is 0 Å². The molecule has 0 bridgehead atoms. The Bertz CT molecular complexity index is 986. The molecule has 0 heterocycles. The Labute approximate surface area is 188 Å². The molecule has 176 valence electrons. The zero-order valence-corrected chi connectivity index (χ0v) is 19.6. The minimum atomic E-state index is -4.12. The molecule has 32 heavy (non-hydrogen) atoms. The summed E-state index contributed by atoms with van der Waals surface area (Å²) in [5, 5.41) is 17.2. The second kappa shape index (κ2) is 10.8. The van der Waals surface area contributed by atoms with Crippen LogP contribution in [-0.4, -0.2) is 50.5 Å². The molecule has 1 fully saturated rings. The summed E-state index contributed by atoms with van der Waals surface area (Å²) in [5.74, 6) is 0. The molecule has 0 spiro atoms. The zero-order chi connectivity index (χ0) is 23.9. The van der Waals surface area contributed by atoms with E-state index in [-0.39, 0.29) is 11.4 Å². The maximum atomic E-state index is 12.6. The third-order valence-corrected chi connectivity index (χ3v) is 6.17. The number of aliphatic hydroxyl groups excluding tert-OH is 1. The number of nitrogens with zero attached hydrogens (tertiary/aromatic N) is 2. The molecule has 3 N–H and O–H groups in total. The quantitative estimate of drug-likeness (QED) is 0.220. The molecule has 1 aliphatic carbocycles. The number of benzene rings is 1. The van der Waals surface area contributed by atoms with Crippen molar-refractivity contribution in [2.75, 3.05) is 13.2 Å². The van der Waals surface area contributed by atoms with Crippen LogP contribution < -0.4 is 10.2 Å². The third-order valence-electron chi connectivity index (χ3n) is 4.88. The van der Waals surface area contributed by atoms with Gasteiger partial charge >= 0.3 is 6.09 Å². The molecule has 11 heteroatoms. The summed E-state index contributed by atoms with van der Waals surface area (Å²) in [6.07, 6.45) is 0.337. The first kappa shape index (κ1) is 25.7. The smallest absolute Gasteiger partial charge is 0.408 e. The van der Waals surface area contributed by atoms with E-state index in [1.807, 2.05) is 6.92 Å². The first-order valence-corrected chi connectivity index (χ1v) is 11.7. The molecule has 0 aliphatic heterocycles. The molecule has 2 rings (SSSR count). The summed E-state index contributed by atoms with van der Waals surface area (Å²) in [4.78, 5) is 15.3. The molecule has 1 saturated carbocycles. The van der Waals surface area contributed by atoms with Crippen LogP contribution in [0.4, 0.5) is 4.79 Å². The average molecular weight is 468 g/mol. The molecule has 0 unspecified atom stereocenters. The van der Waals surface area contributed by atoms with Crippen LogP contribution in [0.3, 0.4) is 0 Å². The summed E-state index contributed by atoms with van der Waals surface area (Å²) in [7, 11) is -4.12. The lowest BCUT2D eigenvalue weighted by atomic mass is 9.84. The largest absolute Gasteiger partial charge is 0.444 e. The molecule has 2 atom stereocenters. The van der Waals surface area contributed by atoms with Crippen molar-refractivity contribution in [2.24, 2.45) is 5.11 Å². The number of alkyl carbamates (subject to hydrolysis) is 1. The maximum absolute atomic E-state index is 12.6. The molecule has 0 aromatic heterocycles. The van der Waals surface area contributed by atoms with Gasteiger partial charge in [-0.15, -0.1) is 0 Å². The molecular formula is C21H31N4O6S+. The lowest BCUT2D eigenvalue weighted by molar-refractivity contribution is 0.0407. The first-order chi connectivity index (χ1) is 14.9. The Morgan fingerprint density at radius 3 is 2.41 bits per heavy atom. The van der Waals surface area contributed by atoms with Crippen molar-refractivity contribution in [3.63, 3.8) is 0 Å². The van der Waals surface area contributed by atoms with Gasteiger partial charge in [0.05, 0.1) is 23.6 Å². The number of amides is 1. The number of hydrogen-bond donors (Lipinski definition) is 3. The third kappa shape index (κ3) is 7.52. The standard InChI is InChI=1S/C21H30N4O6S/c1-14-8-10-16(11-9-14)32(28,29)30-13-18(24-20(27)31-21(2,3)4)19(26)17(12-23-25-22)15-6-5-7-15/h8-11,18-19,22,26H,5-7,12-13H2,1-4H3/p+1/t18-,19-/m1/s1. The van der Waals surface area contributed by atoms with E-state index >= 15 is 0 Å². The number of hydrogen-bond acceptors (Lipinski definition) is 8. The summed E-state index contributed by atoms with van der Waals surface area (Å²) in [6, 6.07) is 5.01. The molecule has 1 aromatic rings. The number of carbonyl (C=O) groups is 1. The van der Waals surface area contributed by atoms with Gasteiger partial charge in [-0.3, -0.25) is 4.18 Å². The number of rotatable bonds is 9. The topological polar surface area (TPSA) is 152 Å². The van der Waals surface area contributed by atoms with E-state index in [4.69, 9.17) is 14.5 Å². The van der Waals surface area contributed by atoms with Crippen molar-refractivity contribution in [3.05, 3.63) is 41.0 Å². The van der Waals surface area contributed by atoms with Crippen LogP contribution >= 0.6 is 0 Å². The number of aryl methyl sites for hydroxylation is 1. The summed E-state index contributed by atoms with van der Waals surface area (Å²) < 4.78 is 35.7. The highest BCUT2D eigenvalue weighted by Crippen LogP contribution is 2.31. The van der Waals surface area contributed by atoms with Crippen LogP contribution in [-0.2, 0) is 19.0 Å². The lowest BCUT2D eigenvalue weighted by Gasteiger charge is -2.30. The van der Waals surface area contributed by atoms with E-state index < -0.39 is 40.6 Å². The van der Waals surface area contributed by atoms with Crippen LogP contribution in [0.15, 0.2) is 45.4 Å². The van der Waals surface area contributed by atoms with Gasteiger partial charge in [0, 0.05) is 0 Å². The van der Waals surface area contributed by atoms with Gasteiger partial charge in [-0.2, -0.15) is 8.42 Å². The van der Waals surface area contributed by atoms with Crippen molar-refractivity contribution >= 4 is 16.2 Å². The van der Waals surface area contributed by atoms with Crippen molar-refractivity contribution in [3.8, 4) is 0 Å². The molecule has 0 radical (unpaired) electrons. The number of ether oxygens (including phenoxy) is 1. The number of allylic oxidation sites excluding steroid dienone is 1. The average Bonchev–Trinajstić information content (AvgIpc) is 2.65. The van der Waals surface area contributed by atoms with Gasteiger partial charge in [0.1, 0.15) is 22.8 Å². The molecule has 1 amide bonds. The molecular weight excluding hydrogens is 436 g/mol. The van der Waals surface area contributed by atoms with Crippen molar-refractivity contribution < 1.29 is 27.2 Å². The Hall–Kier alpha value is -2.59. The van der Waals surface area contributed by atoms with E-state index in [1.165, 1.54) is 12.1 Å². The van der Waals surface area contributed by atoms with Crippen LogP contribution in [0.5, 0.6) is 0 Å². The van der Waals surface area contributed by atoms with Gasteiger partial charge in [0.25, 0.3) is 10.1 Å². The Balaban J connectivity index is 2.25. The van der Waals surface area contributed by atoms with Gasteiger partial charge in [0.2, 0.25) is 4.91 Å². The number of carbonyl (C=O) groups excluding carboxylic acids is 1. The normalized spacial score (nSPS) is 15.7. The molecule has 1 aliphatic rings. The van der Waals surface area contributed by atoms with Gasteiger partial charge < -0.3 is 15.2 Å². The fourth-order valence-corrected chi connectivity index (χ4v) is 3.98. The molecule has 1 aromatic carbocycles. The van der Waals surface area contributed by atoms with Crippen LogP contribution in [0.25, 0.3) is 0 Å². The Morgan fingerprint density at radius 2 is 1.91 bits per heavy atom. The van der Waals surface area contributed by atoms with E-state index in [1.54, 1.807) is 32.9 Å². The minimum Gasteiger partial charge on any atom is -0.444 e. The predicted molar refractivity (Wildman–Crippen MR) is 117 cm³/mol. The molecule has 10 nitrogen and oxygen atoms in total. The summed E-state index contributed by atoms with van der Waals surface area (Å²) in [6.45, 7) is 6.34. The van der Waals surface area contributed by atoms with Crippen molar-refractivity contribution in [2.45, 2.75) is 69.6 Å². The van der Waals surface area contributed by atoms with E-state index in [2.05, 4.69) is 15.3 Å². The highest BCUT2D eigenvalue weighted by atomic mass is 32.2. The second-order valence-electron chi connectivity index (χ2n) is 8.63. The van der Waals surface area contributed by atoms with Gasteiger partial charge in [-0.1, -0.05) is 23.3 Å². The first-order valence-electron chi connectivity index (χ1n) is 10.3. The zero-order valence-electron chi connectivity index (χ0n) is 18.8. The monoisotopic (exact) mass is 467 g/mol. The predicted octanol–water partition coefficient (Wildman–Crippen LogP) is 2.99. The number of aliphatic hydroxyl groups is 1. The SMILES string of the molecule is Cc1ccc(S(=O)(=O)OC[C@@H](NC(=O)OC(C)(C)C)[C@H](O)C(CN=[N+]=N)=C2CCC2)cc1. The van der Waals surface area contributed by atoms with E-state index in [0.717, 1.165) is 30.4 Å². The number of nitrogens with one attached hydrogen (secondary N) is 2. The lowest BCUT2D eigenvalue weighted by Crippen LogP contribution is -2.49. The van der Waals surface area contributed by atoms with Crippen molar-refractivity contribution in [1.82, 2.24) is 10.2 Å². The highest BCUT2D eigenvalue weighted by molar-refractivity contribution is 7.86. The molecule has 0 saturated heterocycles. The minimum absolute atomic E-state index is 0.0305. The van der Waals surface area contributed by atoms with Gasteiger partial charge in [-0.05, 0) is 64.7 Å². The Morgan fingerprint density at radius 1 is 1.28 bits per heavy atom. The van der Waals surface area contributed by atoms with E-state index in [9.17, 15) is 18.3 Å². The van der Waals surface area contributed by atoms with Gasteiger partial charge in [0.15, 0.2) is 0 Å². The van der Waals surface area contributed by atoms with Gasteiger partial charge in [-0.25, -0.2) is 4.79 Å². The summed E-state index contributed by atoms with van der Waals surface area (Å²) in [5.41, 5.74) is 8.45. The van der Waals surface area contributed by atoms with Crippen LogP contribution in [0, 0.1) is 12.5 Å². The Kier molecular flexibility index (Phi) is 8.68. The second-order valence-corrected chi connectivity index (χ2v) is 10.2. The fourth-order valence-electron chi connectivity index (χ4n) is 3.05.